The molecule has 1 N–H and O–H groups in total. The number of pyridine rings is 1. The Hall–Kier alpha value is -2.16. The number of hydrogen-bond acceptors (Lipinski definition) is 5. The van der Waals surface area contributed by atoms with Gasteiger partial charge in [-0.3, -0.25) is 10.1 Å². The summed E-state index contributed by atoms with van der Waals surface area (Å²) in [5.74, 6) is 1.89. The molecule has 0 saturated heterocycles. The number of nitriles is 1. The number of aromatic nitrogens is 1. The summed E-state index contributed by atoms with van der Waals surface area (Å²) in [4.78, 5) is 14.2. The fraction of sp³-hybridized carbons (Fsp3) is 0.600. The maximum absolute atomic E-state index is 10.7. The van der Waals surface area contributed by atoms with Gasteiger partial charge in [0.05, 0.1) is 4.92 Å². The SMILES string of the molecule is CCC1CCC(CNc2ncc([N+](=O)[O-])cc2C#N)CC1. The lowest BCUT2D eigenvalue weighted by Gasteiger charge is -2.28. The second-order valence-corrected chi connectivity index (χ2v) is 5.63. The van der Waals surface area contributed by atoms with E-state index in [9.17, 15) is 10.1 Å². The van der Waals surface area contributed by atoms with Gasteiger partial charge in [-0.25, -0.2) is 4.98 Å². The van der Waals surface area contributed by atoms with Gasteiger partial charge in [0.2, 0.25) is 0 Å². The molecule has 0 aliphatic heterocycles. The van der Waals surface area contributed by atoms with Crippen LogP contribution < -0.4 is 5.32 Å². The van der Waals surface area contributed by atoms with Crippen LogP contribution in [0.5, 0.6) is 0 Å². The van der Waals surface area contributed by atoms with Crippen LogP contribution in [0.4, 0.5) is 11.5 Å². The fourth-order valence-corrected chi connectivity index (χ4v) is 2.86. The topological polar surface area (TPSA) is 91.8 Å². The Bertz CT molecular complexity index is 545. The van der Waals surface area contributed by atoms with Crippen molar-refractivity contribution in [2.75, 3.05) is 11.9 Å². The van der Waals surface area contributed by atoms with Crippen LogP contribution in [0.3, 0.4) is 0 Å². The molecule has 1 aromatic rings. The summed E-state index contributed by atoms with van der Waals surface area (Å²) in [5.41, 5.74) is 0.0759. The zero-order valence-electron chi connectivity index (χ0n) is 12.2. The molecule has 0 radical (unpaired) electrons. The summed E-state index contributed by atoms with van der Waals surface area (Å²) in [5, 5.41) is 22.9. The van der Waals surface area contributed by atoms with Crippen molar-refractivity contribution < 1.29 is 4.92 Å². The van der Waals surface area contributed by atoms with E-state index >= 15 is 0 Å². The van der Waals surface area contributed by atoms with E-state index in [1.807, 2.05) is 6.07 Å². The number of anilines is 1. The highest BCUT2D eigenvalue weighted by Gasteiger charge is 2.20. The van der Waals surface area contributed by atoms with Crippen molar-refractivity contribution in [3.05, 3.63) is 27.9 Å². The van der Waals surface area contributed by atoms with E-state index in [0.717, 1.165) is 12.5 Å². The molecule has 1 fully saturated rings. The molecule has 0 bridgehead atoms. The Kier molecular flexibility index (Phi) is 5.09. The molecule has 6 heteroatoms. The van der Waals surface area contributed by atoms with Gasteiger partial charge in [-0.15, -0.1) is 0 Å². The van der Waals surface area contributed by atoms with Crippen molar-refractivity contribution in [3.63, 3.8) is 0 Å². The van der Waals surface area contributed by atoms with E-state index in [2.05, 4.69) is 17.2 Å². The molecule has 1 saturated carbocycles. The predicted octanol–water partition coefficient (Wildman–Crippen LogP) is 3.49. The smallest absolute Gasteiger partial charge is 0.289 e. The molecule has 0 amide bonds. The Morgan fingerprint density at radius 1 is 1.43 bits per heavy atom. The lowest BCUT2D eigenvalue weighted by molar-refractivity contribution is -0.385. The third-order valence-corrected chi connectivity index (χ3v) is 4.31. The molecule has 2 rings (SSSR count). The van der Waals surface area contributed by atoms with Crippen molar-refractivity contribution >= 4 is 11.5 Å². The molecule has 112 valence electrons. The van der Waals surface area contributed by atoms with E-state index in [4.69, 9.17) is 5.26 Å². The van der Waals surface area contributed by atoms with Gasteiger partial charge in [0.1, 0.15) is 23.6 Å². The van der Waals surface area contributed by atoms with Gasteiger partial charge < -0.3 is 5.32 Å². The van der Waals surface area contributed by atoms with Crippen LogP contribution in [-0.2, 0) is 0 Å². The Labute approximate surface area is 124 Å². The number of hydrogen-bond donors (Lipinski definition) is 1. The number of rotatable bonds is 5. The third-order valence-electron chi connectivity index (χ3n) is 4.31. The van der Waals surface area contributed by atoms with Crippen LogP contribution in [0.25, 0.3) is 0 Å². The zero-order valence-corrected chi connectivity index (χ0v) is 12.2. The summed E-state index contributed by atoms with van der Waals surface area (Å²) in [6.45, 7) is 3.01. The van der Waals surface area contributed by atoms with Gasteiger partial charge >= 0.3 is 0 Å². The van der Waals surface area contributed by atoms with E-state index < -0.39 is 4.92 Å². The first-order valence-electron chi connectivity index (χ1n) is 7.42. The van der Waals surface area contributed by atoms with E-state index in [-0.39, 0.29) is 11.3 Å². The van der Waals surface area contributed by atoms with Gasteiger partial charge in [-0.2, -0.15) is 5.26 Å². The quantitative estimate of drug-likeness (QED) is 0.661. The summed E-state index contributed by atoms with van der Waals surface area (Å²) in [6, 6.07) is 3.23. The second kappa shape index (κ2) is 7.02. The maximum Gasteiger partial charge on any atom is 0.289 e. The second-order valence-electron chi connectivity index (χ2n) is 5.63. The third kappa shape index (κ3) is 3.91. The monoisotopic (exact) mass is 288 g/mol. The molecule has 1 aliphatic rings. The highest BCUT2D eigenvalue weighted by molar-refractivity contribution is 5.55. The summed E-state index contributed by atoms with van der Waals surface area (Å²) in [7, 11) is 0. The maximum atomic E-state index is 10.7. The molecule has 0 atom stereocenters. The Morgan fingerprint density at radius 2 is 2.10 bits per heavy atom. The van der Waals surface area contributed by atoms with Crippen LogP contribution in [0, 0.1) is 33.3 Å². The minimum Gasteiger partial charge on any atom is -0.369 e. The van der Waals surface area contributed by atoms with Gasteiger partial charge in [0, 0.05) is 12.6 Å². The van der Waals surface area contributed by atoms with Crippen molar-refractivity contribution in [3.8, 4) is 6.07 Å². The number of nitro groups is 1. The Balaban J connectivity index is 1.94. The number of nitrogens with one attached hydrogen (secondary N) is 1. The predicted molar refractivity (Wildman–Crippen MR) is 79.8 cm³/mol. The average Bonchev–Trinajstić information content (AvgIpc) is 2.53. The van der Waals surface area contributed by atoms with Crippen LogP contribution in [0.1, 0.15) is 44.6 Å². The highest BCUT2D eigenvalue weighted by Crippen LogP contribution is 2.30. The molecular formula is C15H20N4O2. The van der Waals surface area contributed by atoms with E-state index in [1.54, 1.807) is 0 Å². The first-order chi connectivity index (χ1) is 10.1. The van der Waals surface area contributed by atoms with Crippen molar-refractivity contribution in [2.24, 2.45) is 11.8 Å². The van der Waals surface area contributed by atoms with Crippen molar-refractivity contribution in [1.82, 2.24) is 4.98 Å². The number of nitrogens with zero attached hydrogens (tertiary/aromatic N) is 3. The molecule has 0 unspecified atom stereocenters. The summed E-state index contributed by atoms with van der Waals surface area (Å²) >= 11 is 0. The van der Waals surface area contributed by atoms with Gasteiger partial charge in [-0.05, 0) is 24.7 Å². The summed E-state index contributed by atoms with van der Waals surface area (Å²) in [6.07, 6.45) is 7.36. The van der Waals surface area contributed by atoms with Crippen molar-refractivity contribution in [1.29, 1.82) is 5.26 Å². The van der Waals surface area contributed by atoms with E-state index in [1.165, 1.54) is 44.4 Å². The zero-order chi connectivity index (χ0) is 15.2. The van der Waals surface area contributed by atoms with Crippen LogP contribution in [0.15, 0.2) is 12.3 Å². The first kappa shape index (κ1) is 15.2. The van der Waals surface area contributed by atoms with Crippen LogP contribution in [0.2, 0.25) is 0 Å². The summed E-state index contributed by atoms with van der Waals surface area (Å²) < 4.78 is 0. The lowest BCUT2D eigenvalue weighted by Crippen LogP contribution is -2.21. The minimum atomic E-state index is -0.538. The molecule has 1 aliphatic carbocycles. The fourth-order valence-electron chi connectivity index (χ4n) is 2.86. The average molecular weight is 288 g/mol. The molecule has 0 aromatic carbocycles. The molecule has 6 nitrogen and oxygen atoms in total. The molecule has 21 heavy (non-hydrogen) atoms. The molecule has 1 heterocycles. The van der Waals surface area contributed by atoms with Gasteiger partial charge in [0.25, 0.3) is 5.69 Å². The lowest BCUT2D eigenvalue weighted by atomic mass is 9.81. The van der Waals surface area contributed by atoms with Gasteiger partial charge in [-0.1, -0.05) is 26.2 Å². The standard InChI is InChI=1S/C15H20N4O2/c1-2-11-3-5-12(6-4-11)9-17-15-13(8-16)7-14(10-18-15)19(20)21/h7,10-12H,2-6,9H2,1H3,(H,17,18). The first-order valence-corrected chi connectivity index (χ1v) is 7.42. The van der Waals surface area contributed by atoms with Crippen LogP contribution >= 0.6 is 0 Å². The normalized spacial score (nSPS) is 21.5. The molecule has 0 spiro atoms. The highest BCUT2D eigenvalue weighted by atomic mass is 16.6. The molecular weight excluding hydrogens is 268 g/mol. The van der Waals surface area contributed by atoms with Crippen LogP contribution in [-0.4, -0.2) is 16.5 Å². The molecule has 1 aromatic heterocycles. The van der Waals surface area contributed by atoms with Crippen molar-refractivity contribution in [2.45, 2.75) is 39.0 Å². The van der Waals surface area contributed by atoms with E-state index in [0.29, 0.717) is 11.7 Å². The largest absolute Gasteiger partial charge is 0.369 e. The van der Waals surface area contributed by atoms with Gasteiger partial charge in [0.15, 0.2) is 0 Å². The minimum absolute atomic E-state index is 0.152. The Morgan fingerprint density at radius 3 is 2.67 bits per heavy atom.